The van der Waals surface area contributed by atoms with Crippen molar-refractivity contribution in [3.8, 4) is 0 Å². The fourth-order valence-electron chi connectivity index (χ4n) is 0.419. The van der Waals surface area contributed by atoms with Crippen LogP contribution in [0.3, 0.4) is 0 Å². The summed E-state index contributed by atoms with van der Waals surface area (Å²) in [4.78, 5) is 10.0. The number of halogens is 3. The van der Waals surface area contributed by atoms with E-state index >= 15 is 0 Å². The quantitative estimate of drug-likeness (QED) is 0.487. The van der Waals surface area contributed by atoms with Crippen LogP contribution in [0.1, 0.15) is 6.92 Å². The molecule has 0 spiro atoms. The van der Waals surface area contributed by atoms with E-state index in [2.05, 4.69) is 9.47 Å². The number of carbonyl (C=O) groups is 1. The topological polar surface area (TPSA) is 35.5 Å². The fourth-order valence-corrected chi connectivity index (χ4v) is 0.419. The Morgan fingerprint density at radius 1 is 1.33 bits per heavy atom. The summed E-state index contributed by atoms with van der Waals surface area (Å²) in [6, 6.07) is 0. The fraction of sp³-hybridized carbons (Fsp3) is 0.833. The highest BCUT2D eigenvalue weighted by Gasteiger charge is 2.40. The van der Waals surface area contributed by atoms with Gasteiger partial charge < -0.3 is 9.47 Å². The first-order chi connectivity index (χ1) is 5.48. The molecule has 0 aromatic carbocycles. The van der Waals surface area contributed by atoms with Crippen molar-refractivity contribution in [3.05, 3.63) is 0 Å². The summed E-state index contributed by atoms with van der Waals surface area (Å²) in [5, 5.41) is 0. The van der Waals surface area contributed by atoms with E-state index in [1.165, 1.54) is 0 Å². The lowest BCUT2D eigenvalue weighted by Gasteiger charge is -2.06. The number of carbonyl (C=O) groups excluding carboxylic acids is 1. The minimum absolute atomic E-state index is 0.0156. The normalized spacial score (nSPS) is 11.3. The molecule has 6 heteroatoms. The average molecular weight is 186 g/mol. The molecular weight excluding hydrogens is 177 g/mol. The SMILES string of the molecule is CCOCCOC(=O)C(F)(F)F. The van der Waals surface area contributed by atoms with Crippen molar-refractivity contribution in [1.29, 1.82) is 0 Å². The highest BCUT2D eigenvalue weighted by atomic mass is 19.4. The molecule has 0 aromatic heterocycles. The maximum Gasteiger partial charge on any atom is 0.490 e. The van der Waals surface area contributed by atoms with Crippen molar-refractivity contribution in [1.82, 2.24) is 0 Å². The van der Waals surface area contributed by atoms with Crippen LogP contribution < -0.4 is 0 Å². The first-order valence-electron chi connectivity index (χ1n) is 3.30. The smallest absolute Gasteiger partial charge is 0.457 e. The van der Waals surface area contributed by atoms with Crippen LogP contribution in [0.2, 0.25) is 0 Å². The molecule has 0 saturated heterocycles. The van der Waals surface area contributed by atoms with E-state index in [0.29, 0.717) is 6.61 Å². The van der Waals surface area contributed by atoms with Gasteiger partial charge in [0.25, 0.3) is 0 Å². The van der Waals surface area contributed by atoms with Crippen molar-refractivity contribution in [3.63, 3.8) is 0 Å². The second kappa shape index (κ2) is 4.97. The first kappa shape index (κ1) is 11.2. The van der Waals surface area contributed by atoms with Gasteiger partial charge in [0.1, 0.15) is 6.61 Å². The average Bonchev–Trinajstić information content (AvgIpc) is 1.96. The molecule has 0 rings (SSSR count). The zero-order valence-corrected chi connectivity index (χ0v) is 6.48. The molecule has 0 aromatic rings. The Hall–Kier alpha value is -0.780. The van der Waals surface area contributed by atoms with Crippen molar-refractivity contribution in [2.24, 2.45) is 0 Å². The van der Waals surface area contributed by atoms with E-state index in [1.54, 1.807) is 6.92 Å². The Morgan fingerprint density at radius 3 is 2.33 bits per heavy atom. The summed E-state index contributed by atoms with van der Waals surface area (Å²) in [6.07, 6.45) is -4.91. The Morgan fingerprint density at radius 2 is 1.92 bits per heavy atom. The highest BCUT2D eigenvalue weighted by molar-refractivity contribution is 5.75. The molecule has 72 valence electrons. The lowest BCUT2D eigenvalue weighted by molar-refractivity contribution is -0.200. The molecule has 0 heterocycles. The van der Waals surface area contributed by atoms with Gasteiger partial charge in [-0.3, -0.25) is 0 Å². The van der Waals surface area contributed by atoms with Crippen LogP contribution >= 0.6 is 0 Å². The van der Waals surface area contributed by atoms with Crippen molar-refractivity contribution >= 4 is 5.97 Å². The number of ether oxygens (including phenoxy) is 2. The highest BCUT2D eigenvalue weighted by Crippen LogP contribution is 2.15. The van der Waals surface area contributed by atoms with Gasteiger partial charge in [-0.2, -0.15) is 13.2 Å². The van der Waals surface area contributed by atoms with Gasteiger partial charge >= 0.3 is 12.1 Å². The maximum absolute atomic E-state index is 11.4. The third-order valence-electron chi connectivity index (χ3n) is 0.896. The van der Waals surface area contributed by atoms with E-state index in [4.69, 9.17) is 0 Å². The van der Waals surface area contributed by atoms with Gasteiger partial charge in [0.05, 0.1) is 6.61 Å². The minimum atomic E-state index is -4.91. The predicted molar refractivity (Wildman–Crippen MR) is 33.5 cm³/mol. The molecule has 0 aliphatic rings. The molecule has 12 heavy (non-hydrogen) atoms. The Bertz CT molecular complexity index is 143. The monoisotopic (exact) mass is 186 g/mol. The van der Waals surface area contributed by atoms with E-state index in [0.717, 1.165) is 0 Å². The summed E-state index contributed by atoms with van der Waals surface area (Å²) in [5.74, 6) is -2.18. The van der Waals surface area contributed by atoms with Crippen LogP contribution in [-0.2, 0) is 14.3 Å². The second-order valence-electron chi connectivity index (χ2n) is 1.83. The van der Waals surface area contributed by atoms with Crippen LogP contribution in [0.15, 0.2) is 0 Å². The largest absolute Gasteiger partial charge is 0.490 e. The zero-order chi connectivity index (χ0) is 9.61. The molecule has 3 nitrogen and oxygen atoms in total. The number of rotatable bonds is 4. The molecule has 0 saturated carbocycles. The van der Waals surface area contributed by atoms with Gasteiger partial charge in [0.2, 0.25) is 0 Å². The molecular formula is C6H9F3O3. The van der Waals surface area contributed by atoms with Crippen LogP contribution in [0, 0.1) is 0 Å². The van der Waals surface area contributed by atoms with Crippen LogP contribution in [0.4, 0.5) is 13.2 Å². The second-order valence-corrected chi connectivity index (χ2v) is 1.83. The summed E-state index contributed by atoms with van der Waals surface area (Å²) in [6.45, 7) is 1.68. The third-order valence-corrected chi connectivity index (χ3v) is 0.896. The van der Waals surface area contributed by atoms with Crippen molar-refractivity contribution in [2.45, 2.75) is 13.1 Å². The Kier molecular flexibility index (Phi) is 4.65. The van der Waals surface area contributed by atoms with Crippen LogP contribution in [-0.4, -0.2) is 32.0 Å². The molecule has 0 fully saturated rings. The number of esters is 1. The molecule has 0 radical (unpaired) electrons. The zero-order valence-electron chi connectivity index (χ0n) is 6.48. The van der Waals surface area contributed by atoms with Gasteiger partial charge in [-0.15, -0.1) is 0 Å². The van der Waals surface area contributed by atoms with Crippen molar-refractivity contribution in [2.75, 3.05) is 19.8 Å². The number of hydrogen-bond donors (Lipinski definition) is 0. The van der Waals surface area contributed by atoms with Crippen LogP contribution in [0.5, 0.6) is 0 Å². The number of alkyl halides is 3. The predicted octanol–water partition coefficient (Wildman–Crippen LogP) is 1.13. The van der Waals surface area contributed by atoms with Crippen molar-refractivity contribution < 1.29 is 27.4 Å². The standard InChI is InChI=1S/C6H9F3O3/c1-2-11-3-4-12-5(10)6(7,8)9/h2-4H2,1H3. The number of hydrogen-bond acceptors (Lipinski definition) is 3. The molecule has 0 atom stereocenters. The van der Waals surface area contributed by atoms with Gasteiger partial charge in [-0.05, 0) is 6.92 Å². The van der Waals surface area contributed by atoms with Gasteiger partial charge in [-0.1, -0.05) is 0 Å². The van der Waals surface area contributed by atoms with Gasteiger partial charge in [-0.25, -0.2) is 4.79 Å². The van der Waals surface area contributed by atoms with E-state index in [1.807, 2.05) is 0 Å². The molecule has 0 N–H and O–H groups in total. The molecule has 0 unspecified atom stereocenters. The van der Waals surface area contributed by atoms with Gasteiger partial charge in [0.15, 0.2) is 0 Å². The Labute approximate surface area is 67.4 Å². The summed E-state index contributed by atoms with van der Waals surface area (Å²) >= 11 is 0. The van der Waals surface area contributed by atoms with E-state index in [9.17, 15) is 18.0 Å². The molecule has 0 amide bonds. The third kappa shape index (κ3) is 4.95. The minimum Gasteiger partial charge on any atom is -0.457 e. The lowest BCUT2D eigenvalue weighted by Crippen LogP contribution is -2.26. The van der Waals surface area contributed by atoms with E-state index in [-0.39, 0.29) is 13.2 Å². The molecule has 0 aliphatic carbocycles. The summed E-state index contributed by atoms with van der Waals surface area (Å²) in [5.41, 5.74) is 0. The Balaban J connectivity index is 3.45. The first-order valence-corrected chi connectivity index (χ1v) is 3.30. The lowest BCUT2D eigenvalue weighted by atomic mass is 10.6. The summed E-state index contributed by atoms with van der Waals surface area (Å²) < 4.78 is 42.8. The van der Waals surface area contributed by atoms with Gasteiger partial charge in [0, 0.05) is 6.61 Å². The van der Waals surface area contributed by atoms with Crippen LogP contribution in [0.25, 0.3) is 0 Å². The van der Waals surface area contributed by atoms with E-state index < -0.39 is 12.1 Å². The maximum atomic E-state index is 11.4. The molecule has 0 aliphatic heterocycles. The summed E-state index contributed by atoms with van der Waals surface area (Å²) in [7, 11) is 0. The molecule has 0 bridgehead atoms.